The van der Waals surface area contributed by atoms with Crippen molar-refractivity contribution in [3.8, 4) is 0 Å². The fourth-order valence-electron chi connectivity index (χ4n) is 8.68. The summed E-state index contributed by atoms with van der Waals surface area (Å²) in [6, 6.07) is 0. The van der Waals surface area contributed by atoms with Gasteiger partial charge in [-0.15, -0.1) is 0 Å². The van der Waals surface area contributed by atoms with E-state index in [4.69, 9.17) is 21.7 Å². The summed E-state index contributed by atoms with van der Waals surface area (Å²) < 4.78 is 44.6. The molecule has 0 aromatic heterocycles. The molecule has 4 aliphatic carbocycles. The molecule has 1 saturated heterocycles. The number of cyclic esters (lactones) is 1. The van der Waals surface area contributed by atoms with E-state index < -0.39 is 80.5 Å². The van der Waals surface area contributed by atoms with Crippen LogP contribution in [0.25, 0.3) is 0 Å². The molecule has 0 aromatic carbocycles. The SMILES string of the molecule is CCC(=O)O[C@]1(C(O)=S)[C@H](C)C[C@H]2[C@@H]3C[C@H](F)C4=CC(=O)C([C@@H]5CCOC5=O)=C(O)[C@]4(C)[C@@]3(F)CC[C@@]21C. The van der Waals surface area contributed by atoms with Gasteiger partial charge in [-0.1, -0.05) is 20.8 Å². The van der Waals surface area contributed by atoms with E-state index >= 15 is 8.78 Å². The second-order valence-corrected chi connectivity index (χ2v) is 12.4. The number of ether oxygens (including phenoxy) is 2. The minimum atomic E-state index is -2.17. The number of carbonyl (C=O) groups excluding carboxylic acids is 3. The molecule has 0 unspecified atom stereocenters. The molecule has 4 fully saturated rings. The van der Waals surface area contributed by atoms with Gasteiger partial charge in [0.05, 0.1) is 23.5 Å². The van der Waals surface area contributed by atoms with Crippen molar-refractivity contribution in [2.24, 2.45) is 34.5 Å². The lowest BCUT2D eigenvalue weighted by Gasteiger charge is -2.62. The number of alkyl halides is 2. The minimum absolute atomic E-state index is 0.0617. The highest BCUT2D eigenvalue weighted by Gasteiger charge is 2.76. The van der Waals surface area contributed by atoms with E-state index in [9.17, 15) is 24.6 Å². The molecule has 5 rings (SSSR count). The Kier molecular flexibility index (Phi) is 6.14. The Hall–Kier alpha value is -2.36. The number of hydrogen-bond acceptors (Lipinski definition) is 7. The van der Waals surface area contributed by atoms with Gasteiger partial charge >= 0.3 is 11.9 Å². The zero-order valence-corrected chi connectivity index (χ0v) is 22.8. The van der Waals surface area contributed by atoms with Crippen LogP contribution in [0.1, 0.15) is 66.2 Å². The number of carbonyl (C=O) groups is 3. The number of thiocarbonyl (C=S) groups is 1. The Bertz CT molecular complexity index is 1200. The minimum Gasteiger partial charge on any atom is -0.511 e. The van der Waals surface area contributed by atoms with Crippen LogP contribution in [-0.2, 0) is 23.9 Å². The summed E-state index contributed by atoms with van der Waals surface area (Å²) in [6.07, 6.45) is -0.372. The molecule has 7 nitrogen and oxygen atoms in total. The number of rotatable bonds is 4. The van der Waals surface area contributed by atoms with Crippen LogP contribution in [-0.4, -0.2) is 57.0 Å². The summed E-state index contributed by atoms with van der Waals surface area (Å²) in [5.41, 5.74) is -6.92. The van der Waals surface area contributed by atoms with E-state index in [2.05, 4.69) is 0 Å². The van der Waals surface area contributed by atoms with Gasteiger partial charge in [-0.3, -0.25) is 14.4 Å². The highest BCUT2D eigenvalue weighted by atomic mass is 32.1. The number of halogens is 2. The molecule has 1 heterocycles. The number of allylic oxidation sites excluding steroid dienone is 2. The Balaban J connectivity index is 1.64. The zero-order chi connectivity index (χ0) is 28.0. The summed E-state index contributed by atoms with van der Waals surface area (Å²) in [6.45, 7) is 6.73. The number of ketones is 1. The van der Waals surface area contributed by atoms with Gasteiger partial charge in [-0.2, -0.15) is 0 Å². The first kappa shape index (κ1) is 27.2. The molecule has 0 radical (unpaired) electrons. The molecule has 10 heteroatoms. The van der Waals surface area contributed by atoms with E-state index in [1.165, 1.54) is 6.92 Å². The van der Waals surface area contributed by atoms with Crippen LogP contribution in [0.4, 0.5) is 8.78 Å². The number of aliphatic hydroxyl groups excluding tert-OH is 2. The first-order chi connectivity index (χ1) is 17.7. The molecule has 0 spiro atoms. The van der Waals surface area contributed by atoms with Crippen molar-refractivity contribution in [3.63, 3.8) is 0 Å². The zero-order valence-electron chi connectivity index (χ0n) is 22.0. The number of fused-ring (bicyclic) bond motifs is 5. The van der Waals surface area contributed by atoms with Crippen LogP contribution in [0.5, 0.6) is 0 Å². The molecule has 0 amide bonds. The predicted molar refractivity (Wildman–Crippen MR) is 136 cm³/mol. The number of hydrogen-bond donors (Lipinski definition) is 2. The lowest BCUT2D eigenvalue weighted by atomic mass is 9.44. The Morgan fingerprint density at radius 1 is 1.24 bits per heavy atom. The molecule has 0 bridgehead atoms. The molecule has 2 N–H and O–H groups in total. The second kappa shape index (κ2) is 8.57. The van der Waals surface area contributed by atoms with Crippen molar-refractivity contribution in [2.45, 2.75) is 83.7 Å². The van der Waals surface area contributed by atoms with Gasteiger partial charge in [0, 0.05) is 23.7 Å². The second-order valence-electron chi connectivity index (χ2n) is 12.1. The van der Waals surface area contributed by atoms with Crippen molar-refractivity contribution in [2.75, 3.05) is 6.61 Å². The first-order valence-corrected chi connectivity index (χ1v) is 13.8. The van der Waals surface area contributed by atoms with E-state index in [-0.39, 0.29) is 49.9 Å². The van der Waals surface area contributed by atoms with Crippen LogP contribution in [0.2, 0.25) is 0 Å². The topological polar surface area (TPSA) is 110 Å². The Morgan fingerprint density at radius 3 is 2.50 bits per heavy atom. The fraction of sp³-hybridized carbons (Fsp3) is 0.714. The molecule has 38 heavy (non-hydrogen) atoms. The molecule has 3 saturated carbocycles. The van der Waals surface area contributed by atoms with E-state index in [1.807, 2.05) is 6.92 Å². The Labute approximate surface area is 225 Å². The van der Waals surface area contributed by atoms with Crippen molar-refractivity contribution >= 4 is 35.0 Å². The third-order valence-electron chi connectivity index (χ3n) is 10.7. The maximum atomic E-state index is 17.7. The first-order valence-electron chi connectivity index (χ1n) is 13.4. The summed E-state index contributed by atoms with van der Waals surface area (Å²) in [7, 11) is 0. The molecular weight excluding hydrogens is 518 g/mol. The van der Waals surface area contributed by atoms with Gasteiger partial charge in [-0.25, -0.2) is 8.78 Å². The standard InChI is InChI=1S/C28H34F2O7S/c1-5-20(32)37-28(24(35)38)13(2)10-15-16-11-18(29)17-12-19(31)21(14-6-9-36-23(14)34)22(33)26(17,4)27(16,30)8-7-25(15,28)3/h12-16,18,33H,5-11H2,1-4H3,(H,35,38)/t13-,14+,15+,16+,18+,25+,26-,27-,28+/m1/s1. The predicted octanol–water partition coefficient (Wildman–Crippen LogP) is 4.98. The summed E-state index contributed by atoms with van der Waals surface area (Å²) in [4.78, 5) is 37.9. The summed E-state index contributed by atoms with van der Waals surface area (Å²) in [5, 5.41) is 21.9. The highest BCUT2D eigenvalue weighted by Crippen LogP contribution is 2.72. The highest BCUT2D eigenvalue weighted by molar-refractivity contribution is 7.80. The van der Waals surface area contributed by atoms with Crippen LogP contribution < -0.4 is 0 Å². The molecule has 9 atom stereocenters. The molecule has 0 aromatic rings. The third-order valence-corrected chi connectivity index (χ3v) is 11.0. The number of aliphatic hydroxyl groups is 2. The molecule has 5 aliphatic rings. The average molecular weight is 553 g/mol. The van der Waals surface area contributed by atoms with E-state index in [1.54, 1.807) is 13.8 Å². The largest absolute Gasteiger partial charge is 0.511 e. The van der Waals surface area contributed by atoms with Crippen LogP contribution >= 0.6 is 12.2 Å². The smallest absolute Gasteiger partial charge is 0.313 e. The average Bonchev–Trinajstić information content (AvgIpc) is 3.37. The lowest BCUT2D eigenvalue weighted by Crippen LogP contribution is -2.66. The van der Waals surface area contributed by atoms with Crippen molar-refractivity contribution in [1.82, 2.24) is 0 Å². The summed E-state index contributed by atoms with van der Waals surface area (Å²) in [5.74, 6) is -5.50. The van der Waals surface area contributed by atoms with Crippen LogP contribution in [0.3, 0.4) is 0 Å². The van der Waals surface area contributed by atoms with Gasteiger partial charge in [0.25, 0.3) is 0 Å². The summed E-state index contributed by atoms with van der Waals surface area (Å²) >= 11 is 5.26. The molecule has 208 valence electrons. The molecular formula is C28H34F2O7S. The van der Waals surface area contributed by atoms with Crippen LogP contribution in [0, 0.1) is 34.5 Å². The Morgan fingerprint density at radius 2 is 1.92 bits per heavy atom. The van der Waals surface area contributed by atoms with Gasteiger partial charge in [0.1, 0.15) is 17.6 Å². The maximum absolute atomic E-state index is 17.7. The maximum Gasteiger partial charge on any atom is 0.313 e. The number of esters is 2. The molecule has 1 aliphatic heterocycles. The van der Waals surface area contributed by atoms with Crippen molar-refractivity contribution < 1.29 is 42.9 Å². The van der Waals surface area contributed by atoms with Gasteiger partial charge < -0.3 is 19.7 Å². The third kappa shape index (κ3) is 3.09. The lowest BCUT2D eigenvalue weighted by molar-refractivity contribution is -0.190. The van der Waals surface area contributed by atoms with Crippen LogP contribution in [0.15, 0.2) is 23.0 Å². The normalized spacial score (nSPS) is 46.1. The van der Waals surface area contributed by atoms with Gasteiger partial charge in [0.2, 0.25) is 5.05 Å². The fourth-order valence-corrected chi connectivity index (χ4v) is 9.16. The quantitative estimate of drug-likeness (QED) is 0.371. The van der Waals surface area contributed by atoms with E-state index in [0.29, 0.717) is 6.42 Å². The van der Waals surface area contributed by atoms with Crippen molar-refractivity contribution in [3.05, 3.63) is 23.0 Å². The monoisotopic (exact) mass is 552 g/mol. The van der Waals surface area contributed by atoms with E-state index in [0.717, 1.165) is 6.08 Å². The van der Waals surface area contributed by atoms with Gasteiger partial charge in [-0.05, 0) is 68.8 Å². The van der Waals surface area contributed by atoms with Gasteiger partial charge in [0.15, 0.2) is 11.4 Å². The van der Waals surface area contributed by atoms with Crippen molar-refractivity contribution in [1.29, 1.82) is 0 Å².